The summed E-state index contributed by atoms with van der Waals surface area (Å²) in [7, 11) is 0. The molecule has 1 heterocycles. The average Bonchev–Trinajstić information content (AvgIpc) is 2.76. The van der Waals surface area contributed by atoms with E-state index in [0.717, 1.165) is 32.6 Å². The summed E-state index contributed by atoms with van der Waals surface area (Å²) < 4.78 is 1.03. The molecule has 28 heavy (non-hydrogen) atoms. The quantitative estimate of drug-likeness (QED) is 0.385. The normalized spacial score (nSPS) is 11.1. The third kappa shape index (κ3) is 5.61. The molecule has 2 aromatic carbocycles. The number of hydrogen-bond acceptors (Lipinski definition) is 2. The lowest BCUT2D eigenvalue weighted by molar-refractivity contribution is 1.16. The molecular formula is C25H25BrN2. The molecule has 3 heteroatoms. The number of nitrogens with zero attached hydrogens (tertiary/aromatic N) is 2. The number of allylic oxidation sites excluding steroid dienone is 5. The van der Waals surface area contributed by atoms with Gasteiger partial charge in [-0.1, -0.05) is 103 Å². The minimum absolute atomic E-state index is 0.702. The van der Waals surface area contributed by atoms with Crippen LogP contribution in [0.1, 0.15) is 26.5 Å². The molecule has 0 amide bonds. The number of benzene rings is 2. The maximum Gasteiger partial charge on any atom is 0.160 e. The second kappa shape index (κ2) is 11.2. The van der Waals surface area contributed by atoms with E-state index < -0.39 is 0 Å². The van der Waals surface area contributed by atoms with Crippen LogP contribution in [0.25, 0.3) is 28.2 Å². The van der Waals surface area contributed by atoms with Crippen molar-refractivity contribution < 1.29 is 0 Å². The van der Waals surface area contributed by atoms with E-state index in [-0.39, 0.29) is 0 Å². The Morgan fingerprint density at radius 1 is 0.929 bits per heavy atom. The number of halogens is 1. The third-order valence-electron chi connectivity index (χ3n) is 3.84. The third-order valence-corrected chi connectivity index (χ3v) is 4.37. The van der Waals surface area contributed by atoms with Crippen LogP contribution < -0.4 is 0 Å². The number of aromatic nitrogens is 2. The highest BCUT2D eigenvalue weighted by molar-refractivity contribution is 9.10. The van der Waals surface area contributed by atoms with E-state index in [9.17, 15) is 0 Å². The van der Waals surface area contributed by atoms with Crippen LogP contribution in [0, 0.1) is 0 Å². The Hall–Kier alpha value is -2.78. The summed E-state index contributed by atoms with van der Waals surface area (Å²) in [4.78, 5) is 9.61. The van der Waals surface area contributed by atoms with Gasteiger partial charge in [0, 0.05) is 15.6 Å². The Labute approximate surface area is 176 Å². The van der Waals surface area contributed by atoms with Gasteiger partial charge < -0.3 is 0 Å². The van der Waals surface area contributed by atoms with Crippen LogP contribution in [0.15, 0.2) is 96.0 Å². The van der Waals surface area contributed by atoms with Crippen LogP contribution in [-0.2, 0) is 0 Å². The summed E-state index contributed by atoms with van der Waals surface area (Å²) in [5.74, 6) is 0.702. The molecule has 0 N–H and O–H groups in total. The van der Waals surface area contributed by atoms with Crippen molar-refractivity contribution in [1.29, 1.82) is 0 Å². The van der Waals surface area contributed by atoms with Gasteiger partial charge in [-0.25, -0.2) is 9.97 Å². The van der Waals surface area contributed by atoms with Crippen LogP contribution >= 0.6 is 15.9 Å². The van der Waals surface area contributed by atoms with Gasteiger partial charge in [-0.15, -0.1) is 0 Å². The maximum atomic E-state index is 4.80. The Balaban J connectivity index is 0.00000136. The fraction of sp³-hybridized carbons (Fsp3) is 0.120. The summed E-state index contributed by atoms with van der Waals surface area (Å²) in [5.41, 5.74) is 4.81. The molecule has 0 bridgehead atoms. The molecule has 1 aromatic heterocycles. The average molecular weight is 433 g/mol. The van der Waals surface area contributed by atoms with E-state index in [4.69, 9.17) is 9.97 Å². The van der Waals surface area contributed by atoms with Gasteiger partial charge in [-0.2, -0.15) is 0 Å². The van der Waals surface area contributed by atoms with Crippen molar-refractivity contribution >= 4 is 21.5 Å². The molecule has 3 aromatic rings. The predicted octanol–water partition coefficient (Wildman–Crippen LogP) is 7.74. The van der Waals surface area contributed by atoms with Gasteiger partial charge in [0.15, 0.2) is 5.82 Å². The summed E-state index contributed by atoms with van der Waals surface area (Å²) in [6.07, 6.45) is 7.77. The van der Waals surface area contributed by atoms with E-state index in [1.807, 2.05) is 87.5 Å². The standard InChI is InChI=1S/C23H19BrN2.C2H6/c1-3-8-17(9-4-2)21-16-22(18-10-6-5-7-11-18)26-23(25-21)19-12-14-20(24)15-13-19;1-2/h3-16H,1H2,2H3;1-2H3/b9-4-,17-8+;. The molecule has 0 aliphatic heterocycles. The van der Waals surface area contributed by atoms with E-state index in [2.05, 4.69) is 34.6 Å². The molecule has 2 nitrogen and oxygen atoms in total. The molecule has 0 aliphatic carbocycles. The molecular weight excluding hydrogens is 408 g/mol. The highest BCUT2D eigenvalue weighted by atomic mass is 79.9. The molecule has 0 aliphatic rings. The first-order valence-electron chi connectivity index (χ1n) is 9.37. The topological polar surface area (TPSA) is 25.8 Å². The van der Waals surface area contributed by atoms with Crippen molar-refractivity contribution in [3.8, 4) is 22.6 Å². The van der Waals surface area contributed by atoms with Crippen molar-refractivity contribution in [3.05, 3.63) is 102 Å². The van der Waals surface area contributed by atoms with E-state index >= 15 is 0 Å². The minimum Gasteiger partial charge on any atom is -0.228 e. The highest BCUT2D eigenvalue weighted by Gasteiger charge is 2.10. The molecule has 0 saturated heterocycles. The first-order valence-corrected chi connectivity index (χ1v) is 10.2. The summed E-state index contributed by atoms with van der Waals surface area (Å²) >= 11 is 3.48. The molecule has 0 spiro atoms. The first kappa shape index (κ1) is 21.5. The van der Waals surface area contributed by atoms with Gasteiger partial charge >= 0.3 is 0 Å². The lowest BCUT2D eigenvalue weighted by atomic mass is 10.1. The number of rotatable bonds is 5. The molecule has 0 fully saturated rings. The fourth-order valence-corrected chi connectivity index (χ4v) is 2.88. The first-order chi connectivity index (χ1) is 13.7. The predicted molar refractivity (Wildman–Crippen MR) is 125 cm³/mol. The van der Waals surface area contributed by atoms with Crippen molar-refractivity contribution in [3.63, 3.8) is 0 Å². The fourth-order valence-electron chi connectivity index (χ4n) is 2.61. The molecule has 0 atom stereocenters. The van der Waals surface area contributed by atoms with Crippen molar-refractivity contribution in [2.24, 2.45) is 0 Å². The second-order valence-electron chi connectivity index (χ2n) is 5.69. The molecule has 0 saturated carbocycles. The van der Waals surface area contributed by atoms with Crippen LogP contribution in [0.2, 0.25) is 0 Å². The summed E-state index contributed by atoms with van der Waals surface area (Å²) in [6, 6.07) is 20.2. The Morgan fingerprint density at radius 3 is 2.21 bits per heavy atom. The highest BCUT2D eigenvalue weighted by Crippen LogP contribution is 2.26. The van der Waals surface area contributed by atoms with Crippen molar-refractivity contribution in [2.75, 3.05) is 0 Å². The lowest BCUT2D eigenvalue weighted by Crippen LogP contribution is -1.97. The van der Waals surface area contributed by atoms with E-state index in [1.54, 1.807) is 6.08 Å². The largest absolute Gasteiger partial charge is 0.228 e. The van der Waals surface area contributed by atoms with Gasteiger partial charge in [-0.3, -0.25) is 0 Å². The molecule has 0 radical (unpaired) electrons. The second-order valence-corrected chi connectivity index (χ2v) is 6.61. The molecule has 0 unspecified atom stereocenters. The summed E-state index contributed by atoms with van der Waals surface area (Å²) in [5, 5.41) is 0. The van der Waals surface area contributed by atoms with Crippen LogP contribution in [0.4, 0.5) is 0 Å². The Kier molecular flexibility index (Phi) is 8.57. The Bertz CT molecular complexity index is 956. The zero-order valence-corrected chi connectivity index (χ0v) is 18.1. The zero-order valence-electron chi connectivity index (χ0n) is 16.6. The smallest absolute Gasteiger partial charge is 0.160 e. The van der Waals surface area contributed by atoms with Crippen LogP contribution in [0.3, 0.4) is 0 Å². The van der Waals surface area contributed by atoms with Gasteiger partial charge in [0.2, 0.25) is 0 Å². The molecule has 3 rings (SSSR count). The monoisotopic (exact) mass is 432 g/mol. The van der Waals surface area contributed by atoms with Crippen LogP contribution in [0.5, 0.6) is 0 Å². The van der Waals surface area contributed by atoms with Crippen LogP contribution in [-0.4, -0.2) is 9.97 Å². The number of hydrogen-bond donors (Lipinski definition) is 0. The van der Waals surface area contributed by atoms with Gasteiger partial charge in [0.25, 0.3) is 0 Å². The summed E-state index contributed by atoms with van der Waals surface area (Å²) in [6.45, 7) is 9.81. The molecule has 142 valence electrons. The zero-order chi connectivity index (χ0) is 20.4. The van der Waals surface area contributed by atoms with Gasteiger partial charge in [-0.05, 0) is 30.7 Å². The van der Waals surface area contributed by atoms with E-state index in [0.29, 0.717) is 5.82 Å². The van der Waals surface area contributed by atoms with Gasteiger partial charge in [0.05, 0.1) is 11.4 Å². The maximum absolute atomic E-state index is 4.80. The van der Waals surface area contributed by atoms with Gasteiger partial charge in [0.1, 0.15) is 0 Å². The van der Waals surface area contributed by atoms with E-state index in [1.165, 1.54) is 0 Å². The van der Waals surface area contributed by atoms with Crippen molar-refractivity contribution in [1.82, 2.24) is 9.97 Å². The van der Waals surface area contributed by atoms with Crippen molar-refractivity contribution in [2.45, 2.75) is 20.8 Å². The Morgan fingerprint density at radius 2 is 1.61 bits per heavy atom. The minimum atomic E-state index is 0.702. The SMILES string of the molecule is C=C/C=C(\C=C/C)c1cc(-c2ccccc2)nc(-c2ccc(Br)cc2)n1.CC. The lowest BCUT2D eigenvalue weighted by Gasteiger charge is -2.10.